The van der Waals surface area contributed by atoms with E-state index in [1.54, 1.807) is 11.3 Å². The molecule has 0 atom stereocenters. The third kappa shape index (κ3) is 2.21. The SMILES string of the molecule is ClCc1ccccc1OCc1cn2ccsc2n1. The second-order valence-electron chi connectivity index (χ2n) is 3.86. The van der Waals surface area contributed by atoms with Crippen molar-refractivity contribution in [2.24, 2.45) is 0 Å². The van der Waals surface area contributed by atoms with Crippen LogP contribution in [0.4, 0.5) is 0 Å². The molecule has 0 radical (unpaired) electrons. The molecule has 5 heteroatoms. The fraction of sp³-hybridized carbons (Fsp3) is 0.154. The highest BCUT2D eigenvalue weighted by molar-refractivity contribution is 7.15. The Labute approximate surface area is 114 Å². The molecule has 0 fully saturated rings. The van der Waals surface area contributed by atoms with Crippen molar-refractivity contribution < 1.29 is 4.74 Å². The summed E-state index contributed by atoms with van der Waals surface area (Å²) in [5, 5.41) is 2.01. The fourth-order valence-electron chi connectivity index (χ4n) is 1.75. The lowest BCUT2D eigenvalue weighted by molar-refractivity contribution is 0.300. The zero-order valence-corrected chi connectivity index (χ0v) is 11.1. The van der Waals surface area contributed by atoms with Gasteiger partial charge in [0.2, 0.25) is 0 Å². The second-order valence-corrected chi connectivity index (χ2v) is 5.00. The van der Waals surface area contributed by atoms with Crippen molar-refractivity contribution in [2.75, 3.05) is 0 Å². The van der Waals surface area contributed by atoms with Gasteiger partial charge in [-0.2, -0.15) is 0 Å². The zero-order valence-electron chi connectivity index (χ0n) is 9.54. The summed E-state index contributed by atoms with van der Waals surface area (Å²) in [4.78, 5) is 5.45. The van der Waals surface area contributed by atoms with Crippen molar-refractivity contribution in [3.05, 3.63) is 53.3 Å². The van der Waals surface area contributed by atoms with E-state index in [2.05, 4.69) is 4.98 Å². The van der Waals surface area contributed by atoms with E-state index in [0.717, 1.165) is 22.0 Å². The number of fused-ring (bicyclic) bond motifs is 1. The molecule has 3 aromatic rings. The monoisotopic (exact) mass is 278 g/mol. The van der Waals surface area contributed by atoms with Crippen LogP contribution >= 0.6 is 22.9 Å². The summed E-state index contributed by atoms with van der Waals surface area (Å²) in [6.45, 7) is 0.461. The standard InChI is InChI=1S/C13H11ClN2OS/c14-7-10-3-1-2-4-12(10)17-9-11-8-16-5-6-18-13(16)15-11/h1-6,8H,7,9H2. The van der Waals surface area contributed by atoms with Crippen LogP contribution in [-0.4, -0.2) is 9.38 Å². The Hall–Kier alpha value is -1.52. The first-order chi connectivity index (χ1) is 8.86. The first-order valence-corrected chi connectivity index (χ1v) is 6.96. The maximum absolute atomic E-state index is 5.86. The van der Waals surface area contributed by atoms with Crippen LogP contribution in [0.1, 0.15) is 11.3 Å². The number of hydrogen-bond donors (Lipinski definition) is 0. The van der Waals surface area contributed by atoms with Crippen molar-refractivity contribution >= 4 is 27.9 Å². The molecular formula is C13H11ClN2OS. The maximum atomic E-state index is 5.86. The van der Waals surface area contributed by atoms with Gasteiger partial charge in [-0.1, -0.05) is 18.2 Å². The molecule has 0 aliphatic carbocycles. The number of hydrogen-bond acceptors (Lipinski definition) is 3. The van der Waals surface area contributed by atoms with Crippen molar-refractivity contribution in [2.45, 2.75) is 12.5 Å². The van der Waals surface area contributed by atoms with Crippen LogP contribution in [-0.2, 0) is 12.5 Å². The lowest BCUT2D eigenvalue weighted by Gasteiger charge is -2.07. The van der Waals surface area contributed by atoms with Crippen LogP contribution in [0.2, 0.25) is 0 Å². The van der Waals surface area contributed by atoms with Crippen molar-refractivity contribution in [1.82, 2.24) is 9.38 Å². The molecule has 0 unspecified atom stereocenters. The Morgan fingerprint density at radius 2 is 2.22 bits per heavy atom. The molecule has 0 aliphatic rings. The highest BCUT2D eigenvalue weighted by Gasteiger charge is 2.05. The van der Waals surface area contributed by atoms with Gasteiger partial charge in [-0.25, -0.2) is 4.98 Å². The summed E-state index contributed by atoms with van der Waals surface area (Å²) in [7, 11) is 0. The molecule has 0 saturated carbocycles. The van der Waals surface area contributed by atoms with Gasteiger partial charge in [0.15, 0.2) is 4.96 Å². The summed E-state index contributed by atoms with van der Waals surface area (Å²) >= 11 is 7.48. The number of benzene rings is 1. The first-order valence-electron chi connectivity index (χ1n) is 5.54. The Kier molecular flexibility index (Phi) is 3.21. The molecule has 3 nitrogen and oxygen atoms in total. The van der Waals surface area contributed by atoms with E-state index >= 15 is 0 Å². The summed E-state index contributed by atoms with van der Waals surface area (Å²) in [6.07, 6.45) is 3.97. The number of ether oxygens (including phenoxy) is 1. The first kappa shape index (κ1) is 11.6. The minimum absolute atomic E-state index is 0.453. The van der Waals surface area contributed by atoms with E-state index < -0.39 is 0 Å². The number of nitrogens with zero attached hydrogens (tertiary/aromatic N) is 2. The summed E-state index contributed by atoms with van der Waals surface area (Å²) in [5.41, 5.74) is 1.92. The van der Waals surface area contributed by atoms with E-state index in [1.165, 1.54) is 0 Å². The summed E-state index contributed by atoms with van der Waals surface area (Å²) < 4.78 is 7.75. The largest absolute Gasteiger partial charge is 0.487 e. The third-order valence-electron chi connectivity index (χ3n) is 2.64. The molecule has 0 aliphatic heterocycles. The molecule has 3 rings (SSSR count). The number of halogens is 1. The lowest BCUT2D eigenvalue weighted by atomic mass is 10.2. The maximum Gasteiger partial charge on any atom is 0.193 e. The Bertz CT molecular complexity index is 633. The van der Waals surface area contributed by atoms with Gasteiger partial charge in [0.1, 0.15) is 12.4 Å². The normalized spacial score (nSPS) is 10.9. The average Bonchev–Trinajstić information content (AvgIpc) is 2.97. The van der Waals surface area contributed by atoms with Crippen LogP contribution in [0.5, 0.6) is 5.75 Å². The fourth-order valence-corrected chi connectivity index (χ4v) is 2.69. The van der Waals surface area contributed by atoms with Crippen LogP contribution in [0.15, 0.2) is 42.0 Å². The van der Waals surface area contributed by atoms with Crippen molar-refractivity contribution in [3.8, 4) is 5.75 Å². The smallest absolute Gasteiger partial charge is 0.193 e. The Morgan fingerprint density at radius 1 is 1.33 bits per heavy atom. The van der Waals surface area contributed by atoms with Crippen LogP contribution in [0.25, 0.3) is 4.96 Å². The number of thiazole rings is 1. The molecule has 0 bridgehead atoms. The molecule has 1 aromatic carbocycles. The van der Waals surface area contributed by atoms with E-state index in [4.69, 9.17) is 16.3 Å². The molecule has 92 valence electrons. The molecule has 2 heterocycles. The molecule has 0 spiro atoms. The molecule has 0 N–H and O–H groups in total. The predicted octanol–water partition coefficient (Wildman–Crippen LogP) is 3.71. The topological polar surface area (TPSA) is 26.5 Å². The Morgan fingerprint density at radius 3 is 3.06 bits per heavy atom. The molecule has 0 saturated heterocycles. The van der Waals surface area contributed by atoms with Crippen molar-refractivity contribution in [1.29, 1.82) is 0 Å². The molecular weight excluding hydrogens is 268 g/mol. The van der Waals surface area contributed by atoms with Crippen LogP contribution in [0, 0.1) is 0 Å². The molecule has 18 heavy (non-hydrogen) atoms. The second kappa shape index (κ2) is 5.00. The lowest BCUT2D eigenvalue weighted by Crippen LogP contribution is -1.97. The summed E-state index contributed by atoms with van der Waals surface area (Å²) in [6, 6.07) is 7.79. The van der Waals surface area contributed by atoms with Gasteiger partial charge in [-0.15, -0.1) is 22.9 Å². The van der Waals surface area contributed by atoms with Gasteiger partial charge in [-0.05, 0) is 6.07 Å². The minimum Gasteiger partial charge on any atom is -0.487 e. The van der Waals surface area contributed by atoms with Gasteiger partial charge in [0, 0.05) is 23.3 Å². The van der Waals surface area contributed by atoms with Gasteiger partial charge < -0.3 is 4.74 Å². The third-order valence-corrected chi connectivity index (χ3v) is 3.69. The summed E-state index contributed by atoms with van der Waals surface area (Å²) in [5.74, 6) is 1.28. The van der Waals surface area contributed by atoms with Gasteiger partial charge in [0.25, 0.3) is 0 Å². The average molecular weight is 279 g/mol. The number of para-hydroxylation sites is 1. The van der Waals surface area contributed by atoms with Crippen LogP contribution in [0.3, 0.4) is 0 Å². The van der Waals surface area contributed by atoms with Gasteiger partial charge >= 0.3 is 0 Å². The minimum atomic E-state index is 0.453. The van der Waals surface area contributed by atoms with Gasteiger partial charge in [0.05, 0.1) is 11.6 Å². The quantitative estimate of drug-likeness (QED) is 0.680. The van der Waals surface area contributed by atoms with Crippen molar-refractivity contribution in [3.63, 3.8) is 0 Å². The predicted molar refractivity (Wildman–Crippen MR) is 73.4 cm³/mol. The number of imidazole rings is 1. The number of aromatic nitrogens is 2. The highest BCUT2D eigenvalue weighted by atomic mass is 35.5. The van der Waals surface area contributed by atoms with E-state index in [0.29, 0.717) is 12.5 Å². The van der Waals surface area contributed by atoms with Crippen LogP contribution < -0.4 is 4.74 Å². The zero-order chi connectivity index (χ0) is 12.4. The van der Waals surface area contributed by atoms with E-state index in [-0.39, 0.29) is 0 Å². The highest BCUT2D eigenvalue weighted by Crippen LogP contribution is 2.21. The number of alkyl halides is 1. The number of rotatable bonds is 4. The Balaban J connectivity index is 1.76. The van der Waals surface area contributed by atoms with E-state index in [1.807, 2.05) is 46.4 Å². The molecule has 0 amide bonds. The molecule has 2 aromatic heterocycles. The van der Waals surface area contributed by atoms with E-state index in [9.17, 15) is 0 Å². The van der Waals surface area contributed by atoms with Gasteiger partial charge in [-0.3, -0.25) is 4.40 Å².